The molecule has 1 heterocycles. The molecule has 0 spiro atoms. The maximum atomic E-state index is 6.30. The van der Waals surface area contributed by atoms with Gasteiger partial charge in [-0.25, -0.2) is 0 Å². The van der Waals surface area contributed by atoms with Gasteiger partial charge < -0.3 is 4.52 Å². The fourth-order valence-corrected chi connectivity index (χ4v) is 4.66. The van der Waals surface area contributed by atoms with Gasteiger partial charge in [-0.05, 0) is 32.5 Å². The van der Waals surface area contributed by atoms with E-state index in [0.717, 1.165) is 6.54 Å². The highest BCUT2D eigenvalue weighted by molar-refractivity contribution is 7.49. The summed E-state index contributed by atoms with van der Waals surface area (Å²) in [7, 11) is -0.452. The minimum absolute atomic E-state index is 0.156. The van der Waals surface area contributed by atoms with Gasteiger partial charge in [0, 0.05) is 12.6 Å². The van der Waals surface area contributed by atoms with E-state index < -0.39 is 8.30 Å². The Morgan fingerprint density at radius 3 is 2.59 bits per heavy atom. The zero-order valence-electron chi connectivity index (χ0n) is 11.2. The third kappa shape index (κ3) is 2.27. The largest absolute Gasteiger partial charge is 0.331 e. The van der Waals surface area contributed by atoms with E-state index in [1.165, 1.54) is 12.0 Å². The molecule has 0 aromatic heterocycles. The molecule has 0 amide bonds. The summed E-state index contributed by atoms with van der Waals surface area (Å²) < 4.78 is 8.82. The molecule has 1 aromatic carbocycles. The predicted octanol–water partition coefficient (Wildman–Crippen LogP) is 3.97. The van der Waals surface area contributed by atoms with Crippen molar-refractivity contribution in [2.24, 2.45) is 0 Å². The smallest absolute Gasteiger partial charge is 0.112 e. The van der Waals surface area contributed by atoms with Gasteiger partial charge in [0.25, 0.3) is 0 Å². The van der Waals surface area contributed by atoms with E-state index in [0.29, 0.717) is 6.04 Å². The molecule has 1 saturated heterocycles. The summed E-state index contributed by atoms with van der Waals surface area (Å²) in [6, 6.07) is 11.0. The normalized spacial score (nSPS) is 34.1. The van der Waals surface area contributed by atoms with E-state index in [-0.39, 0.29) is 5.60 Å². The molecule has 1 aromatic rings. The Kier molecular flexibility index (Phi) is 3.87. The van der Waals surface area contributed by atoms with Crippen LogP contribution in [0.5, 0.6) is 0 Å². The fraction of sp³-hybridized carbons (Fsp3) is 0.571. The molecule has 0 bridgehead atoms. The predicted molar refractivity (Wildman–Crippen MR) is 74.2 cm³/mol. The first-order chi connectivity index (χ1) is 8.09. The van der Waals surface area contributed by atoms with Crippen molar-refractivity contribution < 1.29 is 4.52 Å². The van der Waals surface area contributed by atoms with Gasteiger partial charge in [-0.3, -0.25) is 4.67 Å². The Bertz CT molecular complexity index is 370. The topological polar surface area (TPSA) is 12.5 Å². The van der Waals surface area contributed by atoms with E-state index >= 15 is 0 Å². The molecule has 0 radical (unpaired) electrons. The van der Waals surface area contributed by atoms with Crippen molar-refractivity contribution in [3.8, 4) is 0 Å². The molecule has 1 aliphatic rings. The molecule has 3 atom stereocenters. The molecular formula is C14H22NOP. The van der Waals surface area contributed by atoms with Crippen molar-refractivity contribution in [1.82, 2.24) is 4.67 Å². The Hall–Kier alpha value is -0.430. The second-order valence-corrected chi connectivity index (χ2v) is 6.49. The Labute approximate surface area is 106 Å². The highest BCUT2D eigenvalue weighted by Gasteiger charge is 2.47. The minimum atomic E-state index is -0.452. The van der Waals surface area contributed by atoms with Gasteiger partial charge in [0.05, 0.1) is 0 Å². The summed E-state index contributed by atoms with van der Waals surface area (Å²) in [5.74, 6) is 0. The highest BCUT2D eigenvalue weighted by atomic mass is 31.2. The molecule has 2 rings (SSSR count). The highest BCUT2D eigenvalue weighted by Crippen LogP contribution is 2.56. The zero-order chi connectivity index (χ0) is 12.5. The summed E-state index contributed by atoms with van der Waals surface area (Å²) in [5.41, 5.74) is 1.14. The second-order valence-electron chi connectivity index (χ2n) is 4.87. The van der Waals surface area contributed by atoms with Crippen LogP contribution in [0.4, 0.5) is 0 Å². The number of nitrogens with zero attached hydrogens (tertiary/aromatic N) is 1. The van der Waals surface area contributed by atoms with E-state index in [1.54, 1.807) is 0 Å². The van der Waals surface area contributed by atoms with Crippen LogP contribution in [0.25, 0.3) is 0 Å². The average Bonchev–Trinajstić information content (AvgIpc) is 2.56. The standard InChI is InChI=1S/C14H22NOP/c1-5-11-15-12(2)14(3,16-17(15)4)13-9-7-6-8-10-13/h6-10,12H,5,11H2,1-4H3/t12-,14-,17?/m1/s1. The van der Waals surface area contributed by atoms with E-state index in [9.17, 15) is 0 Å². The molecule has 1 unspecified atom stereocenters. The lowest BCUT2D eigenvalue weighted by molar-refractivity contribution is 0.0878. The van der Waals surface area contributed by atoms with Crippen LogP contribution in [0.2, 0.25) is 0 Å². The third-order valence-electron chi connectivity index (χ3n) is 3.73. The van der Waals surface area contributed by atoms with Crippen LogP contribution >= 0.6 is 8.30 Å². The molecule has 94 valence electrons. The molecule has 0 saturated carbocycles. The lowest BCUT2D eigenvalue weighted by Gasteiger charge is -2.30. The summed E-state index contributed by atoms with van der Waals surface area (Å²) >= 11 is 0. The first-order valence-corrected chi connectivity index (χ1v) is 8.00. The molecule has 0 aliphatic carbocycles. The molecule has 3 heteroatoms. The van der Waals surface area contributed by atoms with Crippen molar-refractivity contribution in [3.05, 3.63) is 35.9 Å². The van der Waals surface area contributed by atoms with Crippen molar-refractivity contribution in [3.63, 3.8) is 0 Å². The van der Waals surface area contributed by atoms with Gasteiger partial charge in [0.2, 0.25) is 0 Å². The van der Waals surface area contributed by atoms with Crippen molar-refractivity contribution >= 4 is 8.30 Å². The zero-order valence-corrected chi connectivity index (χ0v) is 12.1. The lowest BCUT2D eigenvalue weighted by Crippen LogP contribution is -2.38. The van der Waals surface area contributed by atoms with Crippen molar-refractivity contribution in [2.75, 3.05) is 13.2 Å². The molecule has 2 nitrogen and oxygen atoms in total. The minimum Gasteiger partial charge on any atom is -0.331 e. The van der Waals surface area contributed by atoms with Crippen LogP contribution in [0.3, 0.4) is 0 Å². The maximum absolute atomic E-state index is 6.30. The first kappa shape index (κ1) is 13.0. The molecular weight excluding hydrogens is 229 g/mol. The molecule has 1 fully saturated rings. The second kappa shape index (κ2) is 5.06. The first-order valence-electron chi connectivity index (χ1n) is 6.34. The summed E-state index contributed by atoms with van der Waals surface area (Å²) in [5, 5.41) is 0. The van der Waals surface area contributed by atoms with Gasteiger partial charge >= 0.3 is 0 Å². The Morgan fingerprint density at radius 2 is 2.00 bits per heavy atom. The summed E-state index contributed by atoms with van der Waals surface area (Å²) in [6.45, 7) is 10.1. The van der Waals surface area contributed by atoms with Crippen molar-refractivity contribution in [1.29, 1.82) is 0 Å². The van der Waals surface area contributed by atoms with Gasteiger partial charge in [-0.15, -0.1) is 0 Å². The maximum Gasteiger partial charge on any atom is 0.112 e. The van der Waals surface area contributed by atoms with Crippen LogP contribution in [-0.4, -0.2) is 23.9 Å². The SMILES string of the molecule is CCCN1[C@H](C)[C@](C)(c2ccccc2)OP1C. The summed E-state index contributed by atoms with van der Waals surface area (Å²) in [4.78, 5) is 0. The molecule has 17 heavy (non-hydrogen) atoms. The van der Waals surface area contributed by atoms with Gasteiger partial charge in [0.15, 0.2) is 0 Å². The molecule has 1 aliphatic heterocycles. The Balaban J connectivity index is 2.28. The van der Waals surface area contributed by atoms with E-state index in [1.807, 2.05) is 0 Å². The number of hydrogen-bond donors (Lipinski definition) is 0. The third-order valence-corrected chi connectivity index (χ3v) is 5.64. The fourth-order valence-electron chi connectivity index (χ4n) is 2.56. The average molecular weight is 251 g/mol. The lowest BCUT2D eigenvalue weighted by atomic mass is 9.89. The van der Waals surface area contributed by atoms with Crippen LogP contribution in [0.15, 0.2) is 30.3 Å². The van der Waals surface area contributed by atoms with Crippen LogP contribution in [0.1, 0.15) is 32.8 Å². The number of rotatable bonds is 3. The monoisotopic (exact) mass is 251 g/mol. The van der Waals surface area contributed by atoms with Crippen LogP contribution < -0.4 is 0 Å². The number of benzene rings is 1. The van der Waals surface area contributed by atoms with Gasteiger partial charge in [-0.2, -0.15) is 0 Å². The Morgan fingerprint density at radius 1 is 1.35 bits per heavy atom. The van der Waals surface area contributed by atoms with E-state index in [2.05, 4.69) is 62.4 Å². The number of hydrogen-bond acceptors (Lipinski definition) is 2. The van der Waals surface area contributed by atoms with Crippen molar-refractivity contribution in [2.45, 2.75) is 38.8 Å². The van der Waals surface area contributed by atoms with E-state index in [4.69, 9.17) is 4.52 Å². The molecule has 0 N–H and O–H groups in total. The summed E-state index contributed by atoms with van der Waals surface area (Å²) in [6.07, 6.45) is 1.19. The van der Waals surface area contributed by atoms with Crippen LogP contribution in [-0.2, 0) is 10.1 Å². The van der Waals surface area contributed by atoms with Crippen LogP contribution in [0, 0.1) is 0 Å². The quantitative estimate of drug-likeness (QED) is 0.753. The van der Waals surface area contributed by atoms with Gasteiger partial charge in [-0.1, -0.05) is 37.3 Å². The van der Waals surface area contributed by atoms with Gasteiger partial charge in [0.1, 0.15) is 13.9 Å².